The zero-order valence-corrected chi connectivity index (χ0v) is 11.5. The van der Waals surface area contributed by atoms with E-state index in [2.05, 4.69) is 54.5 Å². The number of nitrogens with zero attached hydrogens (tertiary/aromatic N) is 1. The molecule has 1 aromatic rings. The summed E-state index contributed by atoms with van der Waals surface area (Å²) in [5, 5.41) is 5.84. The van der Waals surface area contributed by atoms with E-state index in [1.165, 1.54) is 5.19 Å². The van der Waals surface area contributed by atoms with E-state index in [0.29, 0.717) is 0 Å². The van der Waals surface area contributed by atoms with Crippen LogP contribution >= 0.6 is 11.8 Å². The molecule has 84 valence electrons. The van der Waals surface area contributed by atoms with Crippen LogP contribution in [0.4, 0.5) is 0 Å². The van der Waals surface area contributed by atoms with Crippen LogP contribution in [0.15, 0.2) is 35.3 Å². The predicted molar refractivity (Wildman–Crippen MR) is 73.8 cm³/mol. The van der Waals surface area contributed by atoms with Gasteiger partial charge in [0, 0.05) is 10.9 Å². The summed E-state index contributed by atoms with van der Waals surface area (Å²) < 4.78 is 0.220. The van der Waals surface area contributed by atoms with Crippen LogP contribution in [-0.2, 0) is 0 Å². The van der Waals surface area contributed by atoms with Crippen LogP contribution in [0.25, 0.3) is 0 Å². The number of aliphatic imine (C=N–C) groups is 1. The van der Waals surface area contributed by atoms with Crippen LogP contribution in [0.5, 0.6) is 0 Å². The molecule has 1 aromatic carbocycles. The third-order valence-corrected chi connectivity index (χ3v) is 5.03. The maximum Gasteiger partial charge on any atom is 0.156 e. The summed E-state index contributed by atoms with van der Waals surface area (Å²) >= 11 is 1.86. The van der Waals surface area contributed by atoms with Crippen molar-refractivity contribution in [3.8, 4) is 0 Å². The molecule has 0 atom stereocenters. The lowest BCUT2D eigenvalue weighted by atomic mass is 10.4. The second kappa shape index (κ2) is 5.06. The molecule has 1 heterocycles. The number of thioether (sulfide) groups is 1. The molecule has 2 nitrogen and oxygen atoms in total. The first-order valence-corrected chi connectivity index (χ1v) is 7.28. The molecule has 0 saturated heterocycles. The minimum absolute atomic E-state index is 0.220. The van der Waals surface area contributed by atoms with Crippen LogP contribution in [-0.4, -0.2) is 32.1 Å². The topological polar surface area (TPSA) is 24.4 Å². The number of nitrogens with one attached hydrogen (secondary N) is 1. The minimum Gasteiger partial charge on any atom is -0.363 e. The van der Waals surface area contributed by atoms with E-state index in [1.54, 1.807) is 0 Å². The van der Waals surface area contributed by atoms with Gasteiger partial charge in [-0.15, -0.1) is 0 Å². The Hall–Kier alpha value is -0.743. The van der Waals surface area contributed by atoms with Crippen LogP contribution < -0.4 is 10.5 Å². The Morgan fingerprint density at radius 2 is 2.06 bits per heavy atom. The standard InChI is InChI=1S/C12H16N2SSi/c1-12(2,15-11-13-8-9-14-11)16-10-6-4-3-5-7-10/h3-7H,8-9H2,1-2H3,(H,13,14). The van der Waals surface area contributed by atoms with Crippen molar-refractivity contribution in [3.05, 3.63) is 30.3 Å². The van der Waals surface area contributed by atoms with Gasteiger partial charge >= 0.3 is 0 Å². The minimum atomic E-state index is 0.220. The second-order valence-electron chi connectivity index (χ2n) is 4.22. The Bertz CT molecular complexity index is 376. The van der Waals surface area contributed by atoms with E-state index >= 15 is 0 Å². The highest BCUT2D eigenvalue weighted by molar-refractivity contribution is 8.16. The quantitative estimate of drug-likeness (QED) is 0.819. The lowest BCUT2D eigenvalue weighted by Gasteiger charge is -2.22. The van der Waals surface area contributed by atoms with Crippen LogP contribution in [0.1, 0.15) is 13.8 Å². The van der Waals surface area contributed by atoms with Gasteiger partial charge in [-0.25, -0.2) is 0 Å². The molecule has 2 radical (unpaired) electrons. The third-order valence-electron chi connectivity index (χ3n) is 2.21. The third kappa shape index (κ3) is 3.38. The Labute approximate surface area is 104 Å². The second-order valence-corrected chi connectivity index (χ2v) is 8.27. The molecule has 4 heteroatoms. The molecule has 0 fully saturated rings. The Morgan fingerprint density at radius 3 is 2.69 bits per heavy atom. The van der Waals surface area contributed by atoms with Gasteiger partial charge in [0.1, 0.15) is 9.52 Å². The fourth-order valence-electron chi connectivity index (χ4n) is 1.58. The first-order valence-electron chi connectivity index (χ1n) is 5.46. The van der Waals surface area contributed by atoms with E-state index in [-0.39, 0.29) is 4.37 Å². The summed E-state index contributed by atoms with van der Waals surface area (Å²) in [6.45, 7) is 6.48. The Kier molecular flexibility index (Phi) is 3.71. The first kappa shape index (κ1) is 11.7. The highest BCUT2D eigenvalue weighted by atomic mass is 32.2. The molecule has 1 aliphatic rings. The van der Waals surface area contributed by atoms with Gasteiger partial charge in [0.15, 0.2) is 5.17 Å². The van der Waals surface area contributed by atoms with Gasteiger partial charge in [0.2, 0.25) is 0 Å². The van der Waals surface area contributed by atoms with Gasteiger partial charge < -0.3 is 5.32 Å². The fourth-order valence-corrected chi connectivity index (χ4v) is 4.30. The molecule has 2 rings (SSSR count). The normalized spacial score (nSPS) is 15.8. The molecular formula is C12H16N2SSi. The molecule has 0 saturated carbocycles. The van der Waals surface area contributed by atoms with Crippen LogP contribution in [0.3, 0.4) is 0 Å². The van der Waals surface area contributed by atoms with Gasteiger partial charge in [-0.2, -0.15) is 0 Å². The van der Waals surface area contributed by atoms with E-state index in [1.807, 2.05) is 11.8 Å². The summed E-state index contributed by atoms with van der Waals surface area (Å²) in [5.74, 6) is 0. The van der Waals surface area contributed by atoms with Crippen molar-refractivity contribution in [2.75, 3.05) is 13.1 Å². The molecule has 0 aliphatic carbocycles. The lowest BCUT2D eigenvalue weighted by Crippen LogP contribution is -2.36. The number of benzene rings is 1. The van der Waals surface area contributed by atoms with Gasteiger partial charge in [-0.05, 0) is 0 Å². The molecule has 0 spiro atoms. The number of amidine groups is 1. The maximum atomic E-state index is 4.44. The molecule has 1 N–H and O–H groups in total. The number of rotatable bonds is 3. The van der Waals surface area contributed by atoms with Crippen molar-refractivity contribution in [1.29, 1.82) is 0 Å². The van der Waals surface area contributed by atoms with Crippen molar-refractivity contribution in [2.45, 2.75) is 18.2 Å². The van der Waals surface area contributed by atoms with E-state index in [9.17, 15) is 0 Å². The zero-order valence-electron chi connectivity index (χ0n) is 9.66. The predicted octanol–water partition coefficient (Wildman–Crippen LogP) is 1.44. The highest BCUT2D eigenvalue weighted by Crippen LogP contribution is 2.24. The van der Waals surface area contributed by atoms with E-state index in [0.717, 1.165) is 27.8 Å². The fraction of sp³-hybridized carbons (Fsp3) is 0.417. The SMILES string of the molecule is CC(C)([Si]c1ccccc1)SC1=NCCN1. The maximum absolute atomic E-state index is 4.44. The molecular weight excluding hydrogens is 232 g/mol. The number of hydrogen-bond donors (Lipinski definition) is 1. The average molecular weight is 248 g/mol. The molecule has 0 unspecified atom stereocenters. The molecule has 0 aromatic heterocycles. The Morgan fingerprint density at radius 1 is 1.31 bits per heavy atom. The summed E-state index contributed by atoms with van der Waals surface area (Å²) in [7, 11) is 0.800. The van der Waals surface area contributed by atoms with Crippen molar-refractivity contribution in [1.82, 2.24) is 5.32 Å². The molecule has 1 aliphatic heterocycles. The highest BCUT2D eigenvalue weighted by Gasteiger charge is 2.24. The van der Waals surface area contributed by atoms with Crippen molar-refractivity contribution in [3.63, 3.8) is 0 Å². The smallest absolute Gasteiger partial charge is 0.156 e. The first-order chi connectivity index (χ1) is 7.66. The monoisotopic (exact) mass is 248 g/mol. The largest absolute Gasteiger partial charge is 0.363 e. The average Bonchev–Trinajstić information content (AvgIpc) is 2.70. The zero-order chi connectivity index (χ0) is 11.4. The van der Waals surface area contributed by atoms with Crippen molar-refractivity contribution in [2.24, 2.45) is 4.99 Å². The Balaban J connectivity index is 1.97. The summed E-state index contributed by atoms with van der Waals surface area (Å²) in [5.41, 5.74) is 0. The van der Waals surface area contributed by atoms with Gasteiger partial charge in [0.05, 0.1) is 6.54 Å². The van der Waals surface area contributed by atoms with Crippen molar-refractivity contribution < 1.29 is 0 Å². The number of hydrogen-bond acceptors (Lipinski definition) is 3. The van der Waals surface area contributed by atoms with E-state index < -0.39 is 0 Å². The van der Waals surface area contributed by atoms with Gasteiger partial charge in [-0.1, -0.05) is 61.1 Å². The van der Waals surface area contributed by atoms with Gasteiger partial charge in [0.25, 0.3) is 0 Å². The van der Waals surface area contributed by atoms with Gasteiger partial charge in [-0.3, -0.25) is 4.99 Å². The van der Waals surface area contributed by atoms with Crippen LogP contribution in [0, 0.1) is 0 Å². The summed E-state index contributed by atoms with van der Waals surface area (Å²) in [4.78, 5) is 4.44. The molecule has 16 heavy (non-hydrogen) atoms. The molecule has 0 bridgehead atoms. The van der Waals surface area contributed by atoms with Crippen molar-refractivity contribution >= 4 is 31.6 Å². The lowest BCUT2D eigenvalue weighted by molar-refractivity contribution is 0.961. The van der Waals surface area contributed by atoms with E-state index in [4.69, 9.17) is 0 Å². The summed E-state index contributed by atoms with van der Waals surface area (Å²) in [6, 6.07) is 10.7. The summed E-state index contributed by atoms with van der Waals surface area (Å²) in [6.07, 6.45) is 0. The molecule has 0 amide bonds. The van der Waals surface area contributed by atoms with Crippen LogP contribution in [0.2, 0.25) is 0 Å².